The van der Waals surface area contributed by atoms with Crippen molar-refractivity contribution in [3.05, 3.63) is 29.8 Å². The van der Waals surface area contributed by atoms with Crippen LogP contribution in [0.5, 0.6) is 0 Å². The van der Waals surface area contributed by atoms with Crippen molar-refractivity contribution in [2.45, 2.75) is 12.8 Å². The number of hydroxylamine groups is 3. The van der Waals surface area contributed by atoms with E-state index in [-0.39, 0.29) is 19.1 Å². The molecular weight excluding hydrogens is 348 g/mol. The van der Waals surface area contributed by atoms with Crippen molar-refractivity contribution in [3.8, 4) is 0 Å². The lowest BCUT2D eigenvalue weighted by Gasteiger charge is -2.42. The Kier molecular flexibility index (Phi) is 5.40. The van der Waals surface area contributed by atoms with Gasteiger partial charge in [-0.1, -0.05) is 0 Å². The zero-order valence-corrected chi connectivity index (χ0v) is 15.5. The van der Waals surface area contributed by atoms with Crippen molar-refractivity contribution in [1.29, 1.82) is 0 Å². The SMILES string of the molecule is O=C1COCC[N+]1([O-])CCCCN1CCN(c2nccc3occc23)CC1. The van der Waals surface area contributed by atoms with Gasteiger partial charge in [-0.05, 0) is 31.5 Å². The van der Waals surface area contributed by atoms with Crippen LogP contribution < -0.4 is 4.90 Å². The summed E-state index contributed by atoms with van der Waals surface area (Å²) in [5.74, 6) is 0.653. The van der Waals surface area contributed by atoms with Gasteiger partial charge in [0.05, 0.1) is 24.8 Å². The first-order chi connectivity index (χ1) is 13.2. The van der Waals surface area contributed by atoms with Crippen LogP contribution in [0.15, 0.2) is 29.0 Å². The Balaban J connectivity index is 1.22. The highest BCUT2D eigenvalue weighted by molar-refractivity contribution is 5.88. The Labute approximate surface area is 158 Å². The van der Waals surface area contributed by atoms with E-state index < -0.39 is 4.65 Å². The van der Waals surface area contributed by atoms with E-state index in [1.54, 1.807) is 12.5 Å². The molecule has 0 saturated carbocycles. The van der Waals surface area contributed by atoms with E-state index in [1.807, 2.05) is 12.1 Å². The van der Waals surface area contributed by atoms with E-state index in [2.05, 4.69) is 14.8 Å². The summed E-state index contributed by atoms with van der Waals surface area (Å²) in [6.45, 7) is 5.72. The molecule has 8 nitrogen and oxygen atoms in total. The summed E-state index contributed by atoms with van der Waals surface area (Å²) in [4.78, 5) is 21.0. The fourth-order valence-corrected chi connectivity index (χ4v) is 3.87. The number of amides is 1. The number of unbranched alkanes of at least 4 members (excludes halogenated alkanes) is 1. The lowest BCUT2D eigenvalue weighted by atomic mass is 10.2. The van der Waals surface area contributed by atoms with Crippen molar-refractivity contribution < 1.29 is 18.6 Å². The monoisotopic (exact) mass is 374 g/mol. The maximum atomic E-state index is 12.5. The topological polar surface area (TPSA) is 81.9 Å². The van der Waals surface area contributed by atoms with Crippen LogP contribution in [0.2, 0.25) is 0 Å². The average Bonchev–Trinajstić information content (AvgIpc) is 3.17. The first kappa shape index (κ1) is 18.4. The van der Waals surface area contributed by atoms with Crippen molar-refractivity contribution >= 4 is 22.7 Å². The van der Waals surface area contributed by atoms with Gasteiger partial charge in [-0.15, -0.1) is 0 Å². The highest BCUT2D eigenvalue weighted by atomic mass is 16.6. The number of fused-ring (bicyclic) bond motifs is 1. The van der Waals surface area contributed by atoms with Crippen LogP contribution in [0.25, 0.3) is 11.0 Å². The number of aromatic nitrogens is 1. The van der Waals surface area contributed by atoms with Gasteiger partial charge in [0.15, 0.2) is 6.61 Å². The zero-order valence-electron chi connectivity index (χ0n) is 15.5. The van der Waals surface area contributed by atoms with Gasteiger partial charge in [0, 0.05) is 32.4 Å². The van der Waals surface area contributed by atoms with Crippen LogP contribution in [0.4, 0.5) is 5.82 Å². The number of carbonyl (C=O) groups is 1. The molecule has 146 valence electrons. The van der Waals surface area contributed by atoms with Crippen molar-refractivity contribution in [2.24, 2.45) is 0 Å². The van der Waals surface area contributed by atoms with E-state index in [1.165, 1.54) is 0 Å². The van der Waals surface area contributed by atoms with Crippen molar-refractivity contribution in [3.63, 3.8) is 0 Å². The van der Waals surface area contributed by atoms with Gasteiger partial charge in [0.2, 0.25) is 0 Å². The van der Waals surface area contributed by atoms with Gasteiger partial charge in [-0.3, -0.25) is 9.55 Å². The minimum Gasteiger partial charge on any atom is -0.625 e. The molecule has 1 atom stereocenters. The summed E-state index contributed by atoms with van der Waals surface area (Å²) in [6.07, 6.45) is 5.20. The molecule has 1 unspecified atom stereocenters. The molecule has 4 heterocycles. The van der Waals surface area contributed by atoms with E-state index in [0.29, 0.717) is 13.2 Å². The number of quaternary nitrogens is 1. The Morgan fingerprint density at radius 2 is 2.04 bits per heavy atom. The second-order valence-electron chi connectivity index (χ2n) is 7.29. The molecule has 27 heavy (non-hydrogen) atoms. The highest BCUT2D eigenvalue weighted by Gasteiger charge is 2.30. The minimum absolute atomic E-state index is 0.0388. The van der Waals surface area contributed by atoms with E-state index >= 15 is 0 Å². The van der Waals surface area contributed by atoms with Crippen LogP contribution >= 0.6 is 0 Å². The van der Waals surface area contributed by atoms with Gasteiger partial charge in [0.25, 0.3) is 0 Å². The molecular formula is C19H26N4O4. The van der Waals surface area contributed by atoms with Crippen molar-refractivity contribution in [1.82, 2.24) is 9.88 Å². The lowest BCUT2D eigenvalue weighted by Crippen LogP contribution is -2.55. The average molecular weight is 374 g/mol. The van der Waals surface area contributed by atoms with Gasteiger partial charge >= 0.3 is 5.91 Å². The van der Waals surface area contributed by atoms with Gasteiger partial charge in [-0.25, -0.2) is 9.78 Å². The standard InChI is InChI=1S/C19H26N4O4/c24-18-15-26-14-12-23(18,25)11-2-1-6-21-7-9-22(10-8-21)19-16-4-13-27-17(16)3-5-20-19/h3-5,13H,1-2,6-12,14-15H2. The highest BCUT2D eigenvalue weighted by Crippen LogP contribution is 2.26. The molecule has 2 aliphatic rings. The molecule has 0 aromatic carbocycles. The third kappa shape index (κ3) is 3.98. The Morgan fingerprint density at radius 3 is 2.85 bits per heavy atom. The summed E-state index contributed by atoms with van der Waals surface area (Å²) in [5.41, 5.74) is 0.870. The lowest BCUT2D eigenvalue weighted by molar-refractivity contribution is -0.811. The molecule has 4 rings (SSSR count). The normalized spacial score (nSPS) is 24.6. The Hall–Kier alpha value is -2.00. The zero-order chi connectivity index (χ0) is 18.7. The van der Waals surface area contributed by atoms with Crippen LogP contribution in [-0.4, -0.2) is 79.5 Å². The van der Waals surface area contributed by atoms with Gasteiger partial charge in [-0.2, -0.15) is 0 Å². The van der Waals surface area contributed by atoms with Crippen LogP contribution in [0, 0.1) is 5.21 Å². The predicted octanol–water partition coefficient (Wildman–Crippen LogP) is 1.60. The Bertz CT molecular complexity index is 787. The summed E-state index contributed by atoms with van der Waals surface area (Å²) >= 11 is 0. The number of hydrogen-bond donors (Lipinski definition) is 0. The maximum Gasteiger partial charge on any atom is 0.339 e. The quantitative estimate of drug-likeness (QED) is 0.431. The molecule has 2 aliphatic heterocycles. The molecule has 2 saturated heterocycles. The number of pyridine rings is 1. The largest absolute Gasteiger partial charge is 0.625 e. The third-order valence-corrected chi connectivity index (χ3v) is 5.55. The fourth-order valence-electron chi connectivity index (χ4n) is 3.87. The molecule has 0 aliphatic carbocycles. The third-order valence-electron chi connectivity index (χ3n) is 5.55. The van der Waals surface area contributed by atoms with Crippen LogP contribution in [0.3, 0.4) is 0 Å². The smallest absolute Gasteiger partial charge is 0.339 e. The summed E-state index contributed by atoms with van der Waals surface area (Å²) in [6, 6.07) is 3.86. The molecule has 2 fully saturated rings. The van der Waals surface area contributed by atoms with E-state index in [4.69, 9.17) is 9.15 Å². The molecule has 0 bridgehead atoms. The maximum absolute atomic E-state index is 12.5. The second kappa shape index (κ2) is 7.93. The van der Waals surface area contributed by atoms with Gasteiger partial charge in [0.1, 0.15) is 17.9 Å². The van der Waals surface area contributed by atoms with Crippen LogP contribution in [0.1, 0.15) is 12.8 Å². The number of ether oxygens (including phenoxy) is 1. The number of carbonyl (C=O) groups excluding carboxylic acids is 1. The molecule has 1 amide bonds. The molecule has 0 N–H and O–H groups in total. The van der Waals surface area contributed by atoms with Crippen molar-refractivity contribution in [2.75, 3.05) is 63.9 Å². The summed E-state index contributed by atoms with van der Waals surface area (Å²) in [5, 5.41) is 13.5. The fraction of sp³-hybridized carbons (Fsp3) is 0.579. The molecule has 0 radical (unpaired) electrons. The first-order valence-electron chi connectivity index (χ1n) is 9.64. The predicted molar refractivity (Wildman–Crippen MR) is 101 cm³/mol. The summed E-state index contributed by atoms with van der Waals surface area (Å²) in [7, 11) is 0. The summed E-state index contributed by atoms with van der Waals surface area (Å²) < 4.78 is 9.81. The second-order valence-corrected chi connectivity index (χ2v) is 7.29. The van der Waals surface area contributed by atoms with Crippen LogP contribution in [-0.2, 0) is 9.53 Å². The van der Waals surface area contributed by atoms with E-state index in [9.17, 15) is 10.0 Å². The number of furan rings is 1. The molecule has 8 heteroatoms. The number of rotatable bonds is 6. The number of piperazine rings is 1. The van der Waals surface area contributed by atoms with Gasteiger partial charge < -0.3 is 19.3 Å². The molecule has 2 aromatic rings. The molecule has 2 aromatic heterocycles. The molecule has 0 spiro atoms. The Morgan fingerprint density at radius 1 is 1.19 bits per heavy atom. The minimum atomic E-state index is -0.714. The number of anilines is 1. The number of morpholine rings is 1. The van der Waals surface area contributed by atoms with E-state index in [0.717, 1.165) is 62.4 Å². The number of hydrogen-bond acceptors (Lipinski definition) is 7. The number of nitrogens with zero attached hydrogens (tertiary/aromatic N) is 4. The first-order valence-corrected chi connectivity index (χ1v) is 9.64.